The Bertz CT molecular complexity index is 1450. The van der Waals surface area contributed by atoms with E-state index in [1.807, 2.05) is 12.1 Å². The average Bonchev–Trinajstić information content (AvgIpc) is 3.40. The molecule has 0 atom stereocenters. The number of hydrogen-bond acceptors (Lipinski definition) is 6. The standard InChI is InChI=1S/C33H39N5O2/c1-35-16-18-37(19-17-35)31-5-3-2-4-29(31)23-36-13-10-26(11-14-36)30-20-28-12-15-38(33(28)34-21-30)22-25-6-8-27(9-7-25)32(40)24-39/h2-9,12,15,20-21,26,39H,10-11,13-14,16-19,22-24H2,1H3. The molecule has 2 aromatic heterocycles. The molecule has 6 rings (SSSR count). The maximum Gasteiger partial charge on any atom is 0.188 e. The fraction of sp³-hybridized carbons (Fsp3) is 0.394. The quantitative estimate of drug-likeness (QED) is 0.337. The van der Waals surface area contributed by atoms with Crippen LogP contribution in [0.5, 0.6) is 0 Å². The van der Waals surface area contributed by atoms with Crippen molar-refractivity contribution < 1.29 is 9.90 Å². The van der Waals surface area contributed by atoms with E-state index in [9.17, 15) is 4.79 Å². The summed E-state index contributed by atoms with van der Waals surface area (Å²) in [4.78, 5) is 24.2. The highest BCUT2D eigenvalue weighted by Crippen LogP contribution is 2.31. The monoisotopic (exact) mass is 537 g/mol. The number of piperazine rings is 1. The third-order valence-corrected chi connectivity index (χ3v) is 8.68. The molecule has 1 N–H and O–H groups in total. The van der Waals surface area contributed by atoms with Crippen LogP contribution in [0.4, 0.5) is 5.69 Å². The van der Waals surface area contributed by atoms with Gasteiger partial charge in [0.15, 0.2) is 5.78 Å². The lowest BCUT2D eigenvalue weighted by molar-refractivity contribution is 0.0903. The molecular formula is C33H39N5O2. The summed E-state index contributed by atoms with van der Waals surface area (Å²) in [5.41, 5.74) is 6.82. The molecule has 4 heterocycles. The van der Waals surface area contributed by atoms with Gasteiger partial charge in [0.1, 0.15) is 12.3 Å². The number of nitrogens with zero attached hydrogens (tertiary/aromatic N) is 5. The number of fused-ring (bicyclic) bond motifs is 1. The Morgan fingerprint density at radius 1 is 0.925 bits per heavy atom. The summed E-state index contributed by atoms with van der Waals surface area (Å²) in [5.74, 6) is 0.287. The number of para-hydroxylation sites is 1. The number of aliphatic hydroxyl groups excluding tert-OH is 1. The smallest absolute Gasteiger partial charge is 0.188 e. The van der Waals surface area contributed by atoms with Gasteiger partial charge >= 0.3 is 0 Å². The number of rotatable bonds is 8. The van der Waals surface area contributed by atoms with Crippen LogP contribution in [-0.4, -0.2) is 83.2 Å². The number of anilines is 1. The first-order chi connectivity index (χ1) is 19.6. The van der Waals surface area contributed by atoms with Gasteiger partial charge in [0.2, 0.25) is 0 Å². The van der Waals surface area contributed by atoms with Crippen molar-refractivity contribution in [2.75, 3.05) is 57.8 Å². The number of likely N-dealkylation sites (tertiary alicyclic amines) is 1. The molecule has 2 aliphatic rings. The zero-order valence-electron chi connectivity index (χ0n) is 23.4. The molecule has 0 bridgehead atoms. The predicted octanol–water partition coefficient (Wildman–Crippen LogP) is 4.39. The second-order valence-corrected chi connectivity index (χ2v) is 11.4. The summed E-state index contributed by atoms with van der Waals surface area (Å²) in [6.45, 7) is 7.92. The molecule has 4 aromatic rings. The van der Waals surface area contributed by atoms with Crippen molar-refractivity contribution in [2.24, 2.45) is 0 Å². The highest BCUT2D eigenvalue weighted by molar-refractivity contribution is 5.96. The van der Waals surface area contributed by atoms with E-state index >= 15 is 0 Å². The fourth-order valence-electron chi connectivity index (χ4n) is 6.20. The van der Waals surface area contributed by atoms with E-state index in [2.05, 4.69) is 75.1 Å². The van der Waals surface area contributed by atoms with Crippen LogP contribution >= 0.6 is 0 Å². The number of ketones is 1. The first kappa shape index (κ1) is 26.7. The van der Waals surface area contributed by atoms with E-state index < -0.39 is 6.61 Å². The van der Waals surface area contributed by atoms with Gasteiger partial charge in [0, 0.05) is 68.3 Å². The normalized spacial score (nSPS) is 17.5. The summed E-state index contributed by atoms with van der Waals surface area (Å²) < 4.78 is 2.16. The maximum absolute atomic E-state index is 11.7. The topological polar surface area (TPSA) is 64.8 Å². The van der Waals surface area contributed by atoms with Gasteiger partial charge in [-0.05, 0) is 73.8 Å². The number of hydrogen-bond donors (Lipinski definition) is 1. The van der Waals surface area contributed by atoms with E-state index in [-0.39, 0.29) is 5.78 Å². The lowest BCUT2D eigenvalue weighted by Crippen LogP contribution is -2.45. The number of Topliss-reactive ketones (excluding diaryl/α,β-unsaturated/α-hetero) is 1. The number of benzene rings is 2. The summed E-state index contributed by atoms with van der Waals surface area (Å²) in [5, 5.41) is 10.2. The minimum absolute atomic E-state index is 0.256. The Kier molecular flexibility index (Phi) is 7.96. The number of aromatic nitrogens is 2. The molecule has 2 aliphatic heterocycles. The third kappa shape index (κ3) is 5.82. The Morgan fingerprint density at radius 3 is 2.42 bits per heavy atom. The first-order valence-electron chi connectivity index (χ1n) is 14.5. The molecule has 7 nitrogen and oxygen atoms in total. The van der Waals surface area contributed by atoms with E-state index in [4.69, 9.17) is 10.1 Å². The molecule has 0 aliphatic carbocycles. The van der Waals surface area contributed by atoms with Gasteiger partial charge in [-0.3, -0.25) is 9.69 Å². The summed E-state index contributed by atoms with van der Waals surface area (Å²) in [6, 6.07) is 20.9. The SMILES string of the molecule is CN1CCN(c2ccccc2CN2CCC(c3cnc4c(ccn4Cc4ccc(C(=O)CO)cc4)c3)CC2)CC1. The summed E-state index contributed by atoms with van der Waals surface area (Å²) >= 11 is 0. The number of carbonyl (C=O) groups excluding carboxylic acids is 1. The number of pyridine rings is 1. The zero-order chi connectivity index (χ0) is 27.5. The van der Waals surface area contributed by atoms with Crippen LogP contribution in [0, 0.1) is 0 Å². The van der Waals surface area contributed by atoms with Crippen LogP contribution in [0.1, 0.15) is 45.8 Å². The lowest BCUT2D eigenvalue weighted by atomic mass is 9.90. The van der Waals surface area contributed by atoms with Crippen LogP contribution in [0.3, 0.4) is 0 Å². The highest BCUT2D eigenvalue weighted by Gasteiger charge is 2.23. The van der Waals surface area contributed by atoms with Crippen molar-refractivity contribution in [3.8, 4) is 0 Å². The van der Waals surface area contributed by atoms with E-state index in [0.29, 0.717) is 18.0 Å². The van der Waals surface area contributed by atoms with E-state index in [0.717, 1.165) is 69.9 Å². The Morgan fingerprint density at radius 2 is 1.68 bits per heavy atom. The van der Waals surface area contributed by atoms with Crippen molar-refractivity contribution in [3.63, 3.8) is 0 Å². The van der Waals surface area contributed by atoms with Crippen molar-refractivity contribution in [3.05, 3.63) is 95.3 Å². The molecule has 208 valence electrons. The number of likely N-dealkylation sites (N-methyl/N-ethyl adjacent to an activating group) is 1. The van der Waals surface area contributed by atoms with E-state index in [1.54, 1.807) is 12.1 Å². The number of aliphatic hydroxyl groups is 1. The van der Waals surface area contributed by atoms with E-state index in [1.165, 1.54) is 22.2 Å². The van der Waals surface area contributed by atoms with Gasteiger partial charge in [-0.1, -0.05) is 42.5 Å². The molecule has 0 radical (unpaired) electrons. The average molecular weight is 538 g/mol. The first-order valence-corrected chi connectivity index (χ1v) is 14.5. The Balaban J connectivity index is 1.07. The van der Waals surface area contributed by atoms with Crippen molar-refractivity contribution in [1.29, 1.82) is 0 Å². The molecule has 7 heteroatoms. The molecule has 2 fully saturated rings. The molecule has 2 aromatic carbocycles. The second kappa shape index (κ2) is 11.9. The lowest BCUT2D eigenvalue weighted by Gasteiger charge is -2.37. The van der Waals surface area contributed by atoms with Gasteiger partial charge in [-0.2, -0.15) is 0 Å². The Labute approximate surface area is 236 Å². The van der Waals surface area contributed by atoms with Crippen LogP contribution in [0.25, 0.3) is 11.0 Å². The maximum atomic E-state index is 11.7. The van der Waals surface area contributed by atoms with Gasteiger partial charge in [-0.25, -0.2) is 4.98 Å². The van der Waals surface area contributed by atoms with Gasteiger partial charge in [0.05, 0.1) is 0 Å². The van der Waals surface area contributed by atoms with Crippen molar-refractivity contribution in [1.82, 2.24) is 19.4 Å². The molecule has 40 heavy (non-hydrogen) atoms. The summed E-state index contributed by atoms with van der Waals surface area (Å²) in [7, 11) is 2.21. The van der Waals surface area contributed by atoms with Crippen LogP contribution < -0.4 is 4.90 Å². The van der Waals surface area contributed by atoms with Crippen LogP contribution in [-0.2, 0) is 13.1 Å². The van der Waals surface area contributed by atoms with Gasteiger partial charge in [-0.15, -0.1) is 0 Å². The molecule has 2 saturated heterocycles. The second-order valence-electron chi connectivity index (χ2n) is 11.4. The molecule has 0 unspecified atom stereocenters. The zero-order valence-corrected chi connectivity index (χ0v) is 23.4. The molecule has 0 saturated carbocycles. The van der Waals surface area contributed by atoms with Gasteiger partial charge in [0.25, 0.3) is 0 Å². The van der Waals surface area contributed by atoms with Crippen molar-refractivity contribution in [2.45, 2.75) is 31.8 Å². The predicted molar refractivity (Wildman–Crippen MR) is 160 cm³/mol. The number of carbonyl (C=O) groups is 1. The van der Waals surface area contributed by atoms with Crippen LogP contribution in [0.15, 0.2) is 73.1 Å². The minimum Gasteiger partial charge on any atom is -0.388 e. The fourth-order valence-corrected chi connectivity index (χ4v) is 6.20. The van der Waals surface area contributed by atoms with Crippen molar-refractivity contribution >= 4 is 22.5 Å². The molecular weight excluding hydrogens is 498 g/mol. The highest BCUT2D eigenvalue weighted by atomic mass is 16.3. The molecule has 0 amide bonds. The summed E-state index contributed by atoms with van der Waals surface area (Å²) in [6.07, 6.45) is 6.48. The largest absolute Gasteiger partial charge is 0.388 e. The van der Waals surface area contributed by atoms with Gasteiger partial charge < -0.3 is 19.5 Å². The van der Waals surface area contributed by atoms with Crippen LogP contribution in [0.2, 0.25) is 0 Å². The Hall–Kier alpha value is -3.52. The number of piperidine rings is 1. The minimum atomic E-state index is -0.461. The third-order valence-electron chi connectivity index (χ3n) is 8.68. The molecule has 0 spiro atoms.